The third-order valence-corrected chi connectivity index (χ3v) is 6.05. The number of hydrogen-bond acceptors (Lipinski definition) is 4. The van der Waals surface area contributed by atoms with Gasteiger partial charge < -0.3 is 25.0 Å². The highest BCUT2D eigenvalue weighted by Gasteiger charge is 2.24. The van der Waals surface area contributed by atoms with Crippen LogP contribution in [0.15, 0.2) is 53.5 Å². The van der Waals surface area contributed by atoms with Gasteiger partial charge in [0.25, 0.3) is 0 Å². The number of rotatable bonds is 9. The summed E-state index contributed by atoms with van der Waals surface area (Å²) < 4.78 is 10.8. The summed E-state index contributed by atoms with van der Waals surface area (Å²) >= 11 is 0. The molecule has 1 saturated heterocycles. The Bertz CT molecular complexity index is 844. The van der Waals surface area contributed by atoms with E-state index in [-0.39, 0.29) is 24.0 Å². The fourth-order valence-electron chi connectivity index (χ4n) is 4.08. The number of benzene rings is 2. The molecule has 0 bridgehead atoms. The van der Waals surface area contributed by atoms with Crippen molar-refractivity contribution in [2.24, 2.45) is 10.9 Å². The molecule has 0 radical (unpaired) electrons. The van der Waals surface area contributed by atoms with Gasteiger partial charge in [-0.25, -0.2) is 0 Å². The second-order valence-electron chi connectivity index (χ2n) is 8.12. The maximum Gasteiger partial charge on any atom is 0.190 e. The number of nitrogens with zero attached hydrogens (tertiary/aromatic N) is 2. The molecule has 0 aromatic heterocycles. The van der Waals surface area contributed by atoms with E-state index in [1.165, 1.54) is 11.3 Å². The van der Waals surface area contributed by atoms with Gasteiger partial charge in [0.15, 0.2) is 5.96 Å². The predicted molar refractivity (Wildman–Crippen MR) is 144 cm³/mol. The van der Waals surface area contributed by atoms with E-state index in [1.807, 2.05) is 31.3 Å². The molecule has 176 valence electrons. The number of anilines is 1. The van der Waals surface area contributed by atoms with Crippen LogP contribution in [0.2, 0.25) is 0 Å². The van der Waals surface area contributed by atoms with Crippen LogP contribution >= 0.6 is 24.0 Å². The van der Waals surface area contributed by atoms with Crippen molar-refractivity contribution < 1.29 is 9.47 Å². The zero-order valence-electron chi connectivity index (χ0n) is 19.6. The molecule has 2 N–H and O–H groups in total. The van der Waals surface area contributed by atoms with Crippen LogP contribution in [0.5, 0.6) is 11.5 Å². The molecule has 0 amide bonds. The van der Waals surface area contributed by atoms with Crippen molar-refractivity contribution in [3.63, 3.8) is 0 Å². The molecule has 0 spiro atoms. The summed E-state index contributed by atoms with van der Waals surface area (Å²) in [5, 5.41) is 6.96. The van der Waals surface area contributed by atoms with Crippen LogP contribution in [0.1, 0.15) is 31.2 Å². The van der Waals surface area contributed by atoms with Gasteiger partial charge in [0.05, 0.1) is 19.9 Å². The number of para-hydroxylation sites is 2. The van der Waals surface area contributed by atoms with E-state index >= 15 is 0 Å². The Balaban J connectivity index is 0.00000363. The van der Waals surface area contributed by atoms with E-state index in [9.17, 15) is 0 Å². The minimum Gasteiger partial charge on any atom is -0.497 e. The molecule has 7 heteroatoms. The molecule has 1 aliphatic heterocycles. The van der Waals surface area contributed by atoms with Crippen LogP contribution in [-0.2, 0) is 0 Å². The van der Waals surface area contributed by atoms with Crippen molar-refractivity contribution in [1.29, 1.82) is 0 Å². The van der Waals surface area contributed by atoms with Gasteiger partial charge in [0.2, 0.25) is 0 Å². The normalized spacial score (nSPS) is 16.8. The van der Waals surface area contributed by atoms with Gasteiger partial charge in [0.1, 0.15) is 11.5 Å². The van der Waals surface area contributed by atoms with Gasteiger partial charge in [-0.3, -0.25) is 4.99 Å². The van der Waals surface area contributed by atoms with Gasteiger partial charge in [-0.15, -0.1) is 24.0 Å². The average molecular weight is 553 g/mol. The van der Waals surface area contributed by atoms with Crippen LogP contribution in [0.3, 0.4) is 0 Å². The Hall–Kier alpha value is -2.16. The van der Waals surface area contributed by atoms with Crippen LogP contribution in [-0.4, -0.2) is 53.4 Å². The Morgan fingerprint density at radius 1 is 1.09 bits per heavy atom. The Kier molecular flexibility index (Phi) is 10.9. The molecule has 6 nitrogen and oxygen atoms in total. The standard InChI is InChI=1S/C25H36N4O2.HI/c1-19(21-9-11-22(30-3)12-10-21)13-15-27-25(26-2)28-17-20-14-16-29(18-20)23-7-5-6-8-24(23)31-4;/h5-12,19-20H,13-18H2,1-4H3,(H2,26,27,28);1H. The lowest BCUT2D eigenvalue weighted by Gasteiger charge is -2.21. The Labute approximate surface area is 209 Å². The summed E-state index contributed by atoms with van der Waals surface area (Å²) in [6.07, 6.45) is 2.20. The van der Waals surface area contributed by atoms with Gasteiger partial charge in [-0.2, -0.15) is 0 Å². The van der Waals surface area contributed by atoms with Crippen LogP contribution in [0.25, 0.3) is 0 Å². The van der Waals surface area contributed by atoms with Crippen molar-refractivity contribution in [3.8, 4) is 11.5 Å². The van der Waals surface area contributed by atoms with Crippen molar-refractivity contribution in [2.75, 3.05) is 52.3 Å². The number of nitrogens with one attached hydrogen (secondary N) is 2. The van der Waals surface area contributed by atoms with E-state index in [0.717, 1.165) is 56.5 Å². The number of hydrogen-bond donors (Lipinski definition) is 2. The molecule has 1 aliphatic rings. The van der Waals surface area contributed by atoms with E-state index in [1.54, 1.807) is 14.2 Å². The molecule has 32 heavy (non-hydrogen) atoms. The predicted octanol–water partition coefficient (Wildman–Crippen LogP) is 4.51. The number of halogens is 1. The molecular weight excluding hydrogens is 515 g/mol. The first-order valence-corrected chi connectivity index (χ1v) is 11.1. The summed E-state index contributed by atoms with van der Waals surface area (Å²) in [6, 6.07) is 16.6. The molecule has 2 aromatic carbocycles. The Morgan fingerprint density at radius 3 is 2.53 bits per heavy atom. The monoisotopic (exact) mass is 552 g/mol. The van der Waals surface area contributed by atoms with E-state index in [0.29, 0.717) is 11.8 Å². The topological polar surface area (TPSA) is 58.1 Å². The van der Waals surface area contributed by atoms with Crippen molar-refractivity contribution in [3.05, 3.63) is 54.1 Å². The summed E-state index contributed by atoms with van der Waals surface area (Å²) in [7, 11) is 5.26. The molecule has 1 fully saturated rings. The Morgan fingerprint density at radius 2 is 1.84 bits per heavy atom. The summed E-state index contributed by atoms with van der Waals surface area (Å²) in [5.74, 6) is 3.77. The van der Waals surface area contributed by atoms with Crippen molar-refractivity contribution in [2.45, 2.75) is 25.7 Å². The van der Waals surface area contributed by atoms with Crippen LogP contribution in [0.4, 0.5) is 5.69 Å². The van der Waals surface area contributed by atoms with Gasteiger partial charge >= 0.3 is 0 Å². The lowest BCUT2D eigenvalue weighted by molar-refractivity contribution is 0.414. The zero-order valence-corrected chi connectivity index (χ0v) is 22.0. The maximum absolute atomic E-state index is 5.52. The molecule has 3 rings (SSSR count). The second-order valence-corrected chi connectivity index (χ2v) is 8.12. The molecular formula is C25H37IN4O2. The smallest absolute Gasteiger partial charge is 0.190 e. The molecule has 0 aliphatic carbocycles. The lowest BCUT2D eigenvalue weighted by Crippen LogP contribution is -2.40. The molecule has 2 aromatic rings. The number of methoxy groups -OCH3 is 2. The molecule has 0 saturated carbocycles. The number of guanidine groups is 1. The van der Waals surface area contributed by atoms with Gasteiger partial charge in [-0.05, 0) is 54.5 Å². The minimum atomic E-state index is 0. The SMILES string of the molecule is CN=C(NCCC(C)c1ccc(OC)cc1)NCC1CCN(c2ccccc2OC)C1.I. The highest BCUT2D eigenvalue weighted by molar-refractivity contribution is 14.0. The molecule has 2 unspecified atom stereocenters. The summed E-state index contributed by atoms with van der Waals surface area (Å²) in [4.78, 5) is 6.80. The van der Waals surface area contributed by atoms with E-state index < -0.39 is 0 Å². The highest BCUT2D eigenvalue weighted by Crippen LogP contribution is 2.31. The van der Waals surface area contributed by atoms with Crippen LogP contribution < -0.4 is 25.0 Å². The first-order valence-electron chi connectivity index (χ1n) is 11.1. The highest BCUT2D eigenvalue weighted by atomic mass is 127. The number of aliphatic imine (C=N–C) groups is 1. The van der Waals surface area contributed by atoms with Gasteiger partial charge in [-0.1, -0.05) is 31.2 Å². The fourth-order valence-corrected chi connectivity index (χ4v) is 4.08. The molecule has 1 heterocycles. The number of ether oxygens (including phenoxy) is 2. The lowest BCUT2D eigenvalue weighted by atomic mass is 9.98. The van der Waals surface area contributed by atoms with E-state index in [2.05, 4.69) is 51.7 Å². The van der Waals surface area contributed by atoms with Gasteiger partial charge in [0, 0.05) is 33.2 Å². The van der Waals surface area contributed by atoms with Crippen LogP contribution in [0, 0.1) is 5.92 Å². The van der Waals surface area contributed by atoms with Crippen molar-refractivity contribution >= 4 is 35.6 Å². The van der Waals surface area contributed by atoms with Crippen molar-refractivity contribution in [1.82, 2.24) is 10.6 Å². The third-order valence-electron chi connectivity index (χ3n) is 6.05. The zero-order chi connectivity index (χ0) is 22.1. The fraction of sp³-hybridized carbons (Fsp3) is 0.480. The maximum atomic E-state index is 5.52. The summed E-state index contributed by atoms with van der Waals surface area (Å²) in [6.45, 7) is 6.13. The summed E-state index contributed by atoms with van der Waals surface area (Å²) in [5.41, 5.74) is 2.51. The minimum absolute atomic E-state index is 0. The largest absolute Gasteiger partial charge is 0.497 e. The first-order chi connectivity index (χ1) is 15.1. The van der Waals surface area contributed by atoms with E-state index in [4.69, 9.17) is 9.47 Å². The third kappa shape index (κ3) is 7.18. The first kappa shape index (κ1) is 26.1. The quantitative estimate of drug-likeness (QED) is 0.273. The average Bonchev–Trinajstić information content (AvgIpc) is 3.30. The molecule has 2 atom stereocenters. The second kappa shape index (κ2) is 13.4.